The van der Waals surface area contributed by atoms with Crippen LogP contribution in [0.5, 0.6) is 0 Å². The van der Waals surface area contributed by atoms with Gasteiger partial charge in [-0.1, -0.05) is 6.07 Å². The first-order chi connectivity index (χ1) is 8.77. The van der Waals surface area contributed by atoms with Gasteiger partial charge in [-0.15, -0.1) is 0 Å². The van der Waals surface area contributed by atoms with E-state index >= 15 is 0 Å². The van der Waals surface area contributed by atoms with Crippen LogP contribution >= 0.6 is 0 Å². The lowest BCUT2D eigenvalue weighted by Gasteiger charge is -2.31. The second-order valence-corrected chi connectivity index (χ2v) is 4.82. The van der Waals surface area contributed by atoms with Gasteiger partial charge in [-0.25, -0.2) is 4.79 Å². The van der Waals surface area contributed by atoms with Crippen LogP contribution in [0.1, 0.15) is 25.0 Å². The number of urea groups is 1. The number of amides is 2. The first-order valence-electron chi connectivity index (χ1n) is 6.67. The summed E-state index contributed by atoms with van der Waals surface area (Å²) in [7, 11) is 1.87. The zero-order valence-corrected chi connectivity index (χ0v) is 11.0. The molecule has 1 fully saturated rings. The standard InChI is InChI=1S/C14H21N3O/c1-16(12-8-13-7-3-4-9-15-13)14(18)17-10-5-2-6-11-17/h3-4,7,9H,2,5-6,8,10-12H2,1H3. The fourth-order valence-corrected chi connectivity index (χ4v) is 2.25. The summed E-state index contributed by atoms with van der Waals surface area (Å²) in [5.41, 5.74) is 1.04. The summed E-state index contributed by atoms with van der Waals surface area (Å²) >= 11 is 0. The van der Waals surface area contributed by atoms with E-state index in [-0.39, 0.29) is 6.03 Å². The Balaban J connectivity index is 1.80. The fraction of sp³-hybridized carbons (Fsp3) is 0.571. The molecule has 98 valence electrons. The number of pyridine rings is 1. The molecule has 0 aliphatic carbocycles. The molecule has 18 heavy (non-hydrogen) atoms. The third-order valence-electron chi connectivity index (χ3n) is 3.38. The van der Waals surface area contributed by atoms with E-state index in [1.165, 1.54) is 6.42 Å². The number of hydrogen-bond acceptors (Lipinski definition) is 2. The minimum atomic E-state index is 0.158. The van der Waals surface area contributed by atoms with E-state index in [1.54, 1.807) is 11.1 Å². The highest BCUT2D eigenvalue weighted by atomic mass is 16.2. The largest absolute Gasteiger partial charge is 0.327 e. The number of hydrogen-bond donors (Lipinski definition) is 0. The Hall–Kier alpha value is -1.58. The lowest BCUT2D eigenvalue weighted by Crippen LogP contribution is -2.44. The number of likely N-dealkylation sites (tertiary alicyclic amines) is 1. The summed E-state index contributed by atoms with van der Waals surface area (Å²) in [6.07, 6.45) is 6.14. The predicted molar refractivity (Wildman–Crippen MR) is 71.4 cm³/mol. The van der Waals surface area contributed by atoms with Crippen LogP contribution in [-0.2, 0) is 6.42 Å². The van der Waals surface area contributed by atoms with E-state index in [4.69, 9.17) is 0 Å². The van der Waals surface area contributed by atoms with E-state index in [2.05, 4.69) is 4.98 Å². The fourth-order valence-electron chi connectivity index (χ4n) is 2.25. The van der Waals surface area contributed by atoms with Crippen molar-refractivity contribution in [3.8, 4) is 0 Å². The number of nitrogens with zero attached hydrogens (tertiary/aromatic N) is 3. The van der Waals surface area contributed by atoms with Crippen LogP contribution in [0.3, 0.4) is 0 Å². The van der Waals surface area contributed by atoms with Crippen LogP contribution in [0.25, 0.3) is 0 Å². The van der Waals surface area contributed by atoms with E-state index in [0.29, 0.717) is 0 Å². The van der Waals surface area contributed by atoms with Crippen LogP contribution in [0.2, 0.25) is 0 Å². The maximum atomic E-state index is 12.2. The Bertz CT molecular complexity index is 374. The van der Waals surface area contributed by atoms with Crippen molar-refractivity contribution in [1.82, 2.24) is 14.8 Å². The molecular weight excluding hydrogens is 226 g/mol. The first kappa shape index (κ1) is 12.9. The highest BCUT2D eigenvalue weighted by Crippen LogP contribution is 2.10. The Morgan fingerprint density at radius 1 is 1.33 bits per heavy atom. The summed E-state index contributed by atoms with van der Waals surface area (Å²) in [5.74, 6) is 0. The highest BCUT2D eigenvalue weighted by Gasteiger charge is 2.19. The van der Waals surface area contributed by atoms with Gasteiger partial charge in [0, 0.05) is 45.0 Å². The molecule has 1 saturated heterocycles. The number of aromatic nitrogens is 1. The molecule has 1 aromatic rings. The van der Waals surface area contributed by atoms with E-state index in [9.17, 15) is 4.79 Å². The van der Waals surface area contributed by atoms with Crippen LogP contribution < -0.4 is 0 Å². The Morgan fingerprint density at radius 3 is 2.78 bits per heavy atom. The second kappa shape index (κ2) is 6.38. The predicted octanol–water partition coefficient (Wildman–Crippen LogP) is 2.16. The van der Waals surface area contributed by atoms with Gasteiger partial charge in [0.2, 0.25) is 0 Å². The number of carbonyl (C=O) groups is 1. The summed E-state index contributed by atoms with van der Waals surface area (Å²) in [6, 6.07) is 6.05. The highest BCUT2D eigenvalue weighted by molar-refractivity contribution is 5.74. The third kappa shape index (κ3) is 3.45. The Labute approximate surface area is 109 Å². The molecule has 1 aromatic heterocycles. The molecule has 4 heteroatoms. The molecule has 2 rings (SSSR count). The van der Waals surface area contributed by atoms with Gasteiger partial charge in [-0.05, 0) is 31.4 Å². The number of piperidine rings is 1. The van der Waals surface area contributed by atoms with Crippen molar-refractivity contribution in [3.63, 3.8) is 0 Å². The molecule has 0 radical (unpaired) electrons. The quantitative estimate of drug-likeness (QED) is 0.820. The SMILES string of the molecule is CN(CCc1ccccn1)C(=O)N1CCCCC1. The van der Waals surface area contributed by atoms with Gasteiger partial charge >= 0.3 is 6.03 Å². The molecular formula is C14H21N3O. The zero-order chi connectivity index (χ0) is 12.8. The molecule has 1 aliphatic heterocycles. The number of likely N-dealkylation sites (N-methyl/N-ethyl adjacent to an activating group) is 1. The van der Waals surface area contributed by atoms with Gasteiger partial charge < -0.3 is 9.80 Å². The van der Waals surface area contributed by atoms with Crippen LogP contribution in [0.4, 0.5) is 4.79 Å². The molecule has 2 amide bonds. The Kier molecular flexibility index (Phi) is 4.56. The topological polar surface area (TPSA) is 36.4 Å². The monoisotopic (exact) mass is 247 g/mol. The minimum absolute atomic E-state index is 0.158. The molecule has 4 nitrogen and oxygen atoms in total. The van der Waals surface area contributed by atoms with E-state index in [0.717, 1.165) is 44.6 Å². The normalized spacial score (nSPS) is 15.5. The van der Waals surface area contributed by atoms with Crippen molar-refractivity contribution < 1.29 is 4.79 Å². The van der Waals surface area contributed by atoms with Gasteiger partial charge in [-0.3, -0.25) is 4.98 Å². The summed E-state index contributed by atoms with van der Waals surface area (Å²) in [4.78, 5) is 20.2. The molecule has 0 saturated carbocycles. The minimum Gasteiger partial charge on any atom is -0.327 e. The smallest absolute Gasteiger partial charge is 0.319 e. The molecule has 0 atom stereocenters. The van der Waals surface area contributed by atoms with Gasteiger partial charge in [0.05, 0.1) is 0 Å². The average Bonchev–Trinajstić information content (AvgIpc) is 2.46. The summed E-state index contributed by atoms with van der Waals surface area (Å²) in [5, 5.41) is 0. The number of carbonyl (C=O) groups excluding carboxylic acids is 1. The molecule has 1 aliphatic rings. The second-order valence-electron chi connectivity index (χ2n) is 4.82. The zero-order valence-electron chi connectivity index (χ0n) is 11.0. The molecule has 0 aromatic carbocycles. The molecule has 0 spiro atoms. The van der Waals surface area contributed by atoms with Crippen LogP contribution in [0, 0.1) is 0 Å². The maximum absolute atomic E-state index is 12.2. The van der Waals surface area contributed by atoms with Crippen LogP contribution in [-0.4, -0.2) is 47.5 Å². The van der Waals surface area contributed by atoms with Gasteiger partial charge in [0.15, 0.2) is 0 Å². The van der Waals surface area contributed by atoms with Crippen molar-refractivity contribution >= 4 is 6.03 Å². The van der Waals surface area contributed by atoms with Gasteiger partial charge in [0.25, 0.3) is 0 Å². The van der Waals surface area contributed by atoms with Crippen LogP contribution in [0.15, 0.2) is 24.4 Å². The molecule has 0 bridgehead atoms. The van der Waals surface area contributed by atoms with Crippen molar-refractivity contribution in [2.75, 3.05) is 26.7 Å². The summed E-state index contributed by atoms with van der Waals surface area (Å²) in [6.45, 7) is 2.55. The van der Waals surface area contributed by atoms with E-state index in [1.807, 2.05) is 30.1 Å². The van der Waals surface area contributed by atoms with Crippen molar-refractivity contribution in [1.29, 1.82) is 0 Å². The first-order valence-corrected chi connectivity index (χ1v) is 6.67. The third-order valence-corrected chi connectivity index (χ3v) is 3.38. The molecule has 0 N–H and O–H groups in total. The number of rotatable bonds is 3. The lowest BCUT2D eigenvalue weighted by molar-refractivity contribution is 0.153. The molecule has 2 heterocycles. The van der Waals surface area contributed by atoms with Gasteiger partial charge in [0.1, 0.15) is 0 Å². The average molecular weight is 247 g/mol. The van der Waals surface area contributed by atoms with E-state index < -0.39 is 0 Å². The maximum Gasteiger partial charge on any atom is 0.319 e. The van der Waals surface area contributed by atoms with Crippen molar-refractivity contribution in [2.24, 2.45) is 0 Å². The molecule has 0 unspecified atom stereocenters. The van der Waals surface area contributed by atoms with Crippen molar-refractivity contribution in [3.05, 3.63) is 30.1 Å². The van der Waals surface area contributed by atoms with Crippen molar-refractivity contribution in [2.45, 2.75) is 25.7 Å². The lowest BCUT2D eigenvalue weighted by atomic mass is 10.1. The summed E-state index contributed by atoms with van der Waals surface area (Å²) < 4.78 is 0. The van der Waals surface area contributed by atoms with Gasteiger partial charge in [-0.2, -0.15) is 0 Å². The Morgan fingerprint density at radius 2 is 2.11 bits per heavy atom.